The van der Waals surface area contributed by atoms with Crippen LogP contribution < -0.4 is 10.1 Å². The standard InChI is InChI=1S/C18H22N4O6/c1-22-8-12(19-15(23)9-27-10-16(24)25)7-14(22)18-20-17(21-28-18)11-3-5-13(26-2)6-4-11/h3-6,12,14H,7-10H2,1-2H3,(H,19,23)(H,24,25). The number of likely N-dealkylation sites (tertiary alicyclic amines) is 1. The molecule has 1 aliphatic rings. The Morgan fingerprint density at radius 2 is 2.07 bits per heavy atom. The van der Waals surface area contributed by atoms with Gasteiger partial charge in [-0.25, -0.2) is 4.79 Å². The smallest absolute Gasteiger partial charge is 0.329 e. The normalized spacial score (nSPS) is 19.5. The Morgan fingerprint density at radius 3 is 2.75 bits per heavy atom. The summed E-state index contributed by atoms with van der Waals surface area (Å²) < 4.78 is 15.4. The van der Waals surface area contributed by atoms with E-state index in [-0.39, 0.29) is 24.6 Å². The number of rotatable bonds is 8. The maximum Gasteiger partial charge on any atom is 0.329 e. The molecule has 1 saturated heterocycles. The molecule has 1 amide bonds. The van der Waals surface area contributed by atoms with E-state index in [1.165, 1.54) is 0 Å². The molecule has 0 saturated carbocycles. The van der Waals surface area contributed by atoms with E-state index in [9.17, 15) is 9.59 Å². The number of methoxy groups -OCH3 is 1. The van der Waals surface area contributed by atoms with Crippen molar-refractivity contribution in [1.82, 2.24) is 20.4 Å². The second-order valence-electron chi connectivity index (χ2n) is 6.53. The van der Waals surface area contributed by atoms with Crippen LogP contribution in [0.15, 0.2) is 28.8 Å². The zero-order valence-electron chi connectivity index (χ0n) is 15.6. The first kappa shape index (κ1) is 19.8. The van der Waals surface area contributed by atoms with Gasteiger partial charge in [0.1, 0.15) is 19.0 Å². The van der Waals surface area contributed by atoms with Gasteiger partial charge < -0.3 is 24.4 Å². The summed E-state index contributed by atoms with van der Waals surface area (Å²) in [5.41, 5.74) is 0.817. The summed E-state index contributed by atoms with van der Waals surface area (Å²) in [4.78, 5) is 28.8. The second kappa shape index (κ2) is 8.81. The molecule has 2 atom stereocenters. The number of hydrogen-bond donors (Lipinski definition) is 2. The second-order valence-corrected chi connectivity index (χ2v) is 6.53. The van der Waals surface area contributed by atoms with E-state index in [0.717, 1.165) is 11.3 Å². The third-order valence-electron chi connectivity index (χ3n) is 4.45. The molecule has 28 heavy (non-hydrogen) atoms. The van der Waals surface area contributed by atoms with Crippen molar-refractivity contribution >= 4 is 11.9 Å². The number of nitrogens with one attached hydrogen (secondary N) is 1. The van der Waals surface area contributed by atoms with Crippen molar-refractivity contribution in [1.29, 1.82) is 0 Å². The molecule has 150 valence electrons. The number of carbonyl (C=O) groups is 2. The molecule has 2 aromatic rings. The number of amides is 1. The molecule has 2 heterocycles. The highest BCUT2D eigenvalue weighted by atomic mass is 16.5. The van der Waals surface area contributed by atoms with Crippen LogP contribution in [0.2, 0.25) is 0 Å². The van der Waals surface area contributed by atoms with E-state index in [1.54, 1.807) is 7.11 Å². The lowest BCUT2D eigenvalue weighted by atomic mass is 10.1. The molecular weight excluding hydrogens is 368 g/mol. The van der Waals surface area contributed by atoms with E-state index in [1.807, 2.05) is 36.2 Å². The fourth-order valence-electron chi connectivity index (χ4n) is 3.12. The maximum absolute atomic E-state index is 11.9. The Morgan fingerprint density at radius 1 is 1.32 bits per heavy atom. The molecule has 3 rings (SSSR count). The van der Waals surface area contributed by atoms with Gasteiger partial charge in [0.2, 0.25) is 17.6 Å². The topological polar surface area (TPSA) is 127 Å². The van der Waals surface area contributed by atoms with Crippen LogP contribution >= 0.6 is 0 Å². The highest BCUT2D eigenvalue weighted by Gasteiger charge is 2.35. The van der Waals surface area contributed by atoms with E-state index >= 15 is 0 Å². The van der Waals surface area contributed by atoms with Crippen LogP contribution in [-0.2, 0) is 14.3 Å². The van der Waals surface area contributed by atoms with Gasteiger partial charge in [-0.2, -0.15) is 4.98 Å². The molecule has 0 aliphatic carbocycles. The van der Waals surface area contributed by atoms with Crippen LogP contribution in [-0.4, -0.2) is 72.0 Å². The molecule has 2 N–H and O–H groups in total. The average molecular weight is 390 g/mol. The summed E-state index contributed by atoms with van der Waals surface area (Å²) in [6.45, 7) is -0.189. The number of aromatic nitrogens is 2. The molecule has 1 aromatic heterocycles. The van der Waals surface area contributed by atoms with E-state index < -0.39 is 12.6 Å². The molecule has 0 spiro atoms. The van der Waals surface area contributed by atoms with Crippen molar-refractivity contribution in [3.63, 3.8) is 0 Å². The third-order valence-corrected chi connectivity index (χ3v) is 4.45. The zero-order chi connectivity index (χ0) is 20.1. The Kier molecular flexibility index (Phi) is 6.22. The zero-order valence-corrected chi connectivity index (χ0v) is 15.6. The molecule has 2 unspecified atom stereocenters. The first-order valence-electron chi connectivity index (χ1n) is 8.73. The lowest BCUT2D eigenvalue weighted by Crippen LogP contribution is -2.38. The fourth-order valence-corrected chi connectivity index (χ4v) is 3.12. The van der Waals surface area contributed by atoms with Gasteiger partial charge in [0.15, 0.2) is 0 Å². The number of likely N-dealkylation sites (N-methyl/N-ethyl adjacent to an activating group) is 1. The Bertz CT molecular complexity index is 822. The summed E-state index contributed by atoms with van der Waals surface area (Å²) in [7, 11) is 3.51. The minimum absolute atomic E-state index is 0.118. The highest BCUT2D eigenvalue weighted by Crippen LogP contribution is 2.31. The minimum atomic E-state index is -1.11. The van der Waals surface area contributed by atoms with Crippen LogP contribution in [0.4, 0.5) is 0 Å². The van der Waals surface area contributed by atoms with Crippen LogP contribution in [0.25, 0.3) is 11.4 Å². The van der Waals surface area contributed by atoms with E-state index in [2.05, 4.69) is 15.5 Å². The number of ether oxygens (including phenoxy) is 2. The monoisotopic (exact) mass is 390 g/mol. The number of carboxylic acids is 1. The summed E-state index contributed by atoms with van der Waals surface area (Å²) >= 11 is 0. The Balaban J connectivity index is 1.58. The Labute approximate surface area is 161 Å². The fraction of sp³-hybridized carbons (Fsp3) is 0.444. The summed E-state index contributed by atoms with van der Waals surface area (Å²) in [6.07, 6.45) is 0.603. The molecule has 10 heteroatoms. The van der Waals surface area contributed by atoms with Gasteiger partial charge in [0.05, 0.1) is 13.2 Å². The van der Waals surface area contributed by atoms with Crippen molar-refractivity contribution < 1.29 is 28.7 Å². The molecule has 0 radical (unpaired) electrons. The number of benzene rings is 1. The number of carbonyl (C=O) groups excluding carboxylic acids is 1. The summed E-state index contributed by atoms with van der Waals surface area (Å²) in [6, 6.07) is 7.12. The molecule has 10 nitrogen and oxygen atoms in total. The van der Waals surface area contributed by atoms with Crippen molar-refractivity contribution in [2.24, 2.45) is 0 Å². The SMILES string of the molecule is COc1ccc(-c2noc(C3CC(NC(=O)COCC(=O)O)CN3C)n2)cc1. The van der Waals surface area contributed by atoms with Crippen LogP contribution in [0.1, 0.15) is 18.4 Å². The summed E-state index contributed by atoms with van der Waals surface area (Å²) in [5, 5.41) is 15.4. The lowest BCUT2D eigenvalue weighted by Gasteiger charge is -2.14. The van der Waals surface area contributed by atoms with Gasteiger partial charge in [-0.3, -0.25) is 9.69 Å². The average Bonchev–Trinajstić information content (AvgIpc) is 3.28. The highest BCUT2D eigenvalue weighted by molar-refractivity contribution is 5.78. The number of hydrogen-bond acceptors (Lipinski definition) is 8. The van der Waals surface area contributed by atoms with Gasteiger partial charge in [0.25, 0.3) is 0 Å². The van der Waals surface area contributed by atoms with Crippen LogP contribution in [0.3, 0.4) is 0 Å². The van der Waals surface area contributed by atoms with Crippen molar-refractivity contribution in [3.8, 4) is 17.1 Å². The van der Waals surface area contributed by atoms with Crippen LogP contribution in [0, 0.1) is 0 Å². The molecule has 1 aliphatic heterocycles. The number of nitrogens with zero attached hydrogens (tertiary/aromatic N) is 3. The molecular formula is C18H22N4O6. The van der Waals surface area contributed by atoms with Crippen molar-refractivity contribution in [2.75, 3.05) is 33.9 Å². The van der Waals surface area contributed by atoms with Crippen molar-refractivity contribution in [3.05, 3.63) is 30.2 Å². The van der Waals surface area contributed by atoms with Gasteiger partial charge in [-0.05, 0) is 37.7 Å². The predicted molar refractivity (Wildman–Crippen MR) is 96.7 cm³/mol. The largest absolute Gasteiger partial charge is 0.497 e. The first-order valence-corrected chi connectivity index (χ1v) is 8.73. The first-order chi connectivity index (χ1) is 13.5. The molecule has 0 bridgehead atoms. The molecule has 1 aromatic carbocycles. The third kappa shape index (κ3) is 4.84. The summed E-state index contributed by atoms with van der Waals surface area (Å²) in [5.74, 6) is 0.240. The predicted octanol–water partition coefficient (Wildman–Crippen LogP) is 0.708. The number of carboxylic acid groups (broad SMARTS) is 1. The van der Waals surface area contributed by atoms with Gasteiger partial charge >= 0.3 is 5.97 Å². The minimum Gasteiger partial charge on any atom is -0.497 e. The van der Waals surface area contributed by atoms with Gasteiger partial charge in [-0.1, -0.05) is 5.16 Å². The van der Waals surface area contributed by atoms with E-state index in [0.29, 0.717) is 24.7 Å². The quantitative estimate of drug-likeness (QED) is 0.670. The van der Waals surface area contributed by atoms with Gasteiger partial charge in [-0.15, -0.1) is 0 Å². The Hall–Kier alpha value is -2.98. The maximum atomic E-state index is 11.9. The number of aliphatic carboxylic acids is 1. The van der Waals surface area contributed by atoms with E-state index in [4.69, 9.17) is 19.1 Å². The molecule has 1 fully saturated rings. The lowest BCUT2D eigenvalue weighted by molar-refractivity contribution is -0.143. The van der Waals surface area contributed by atoms with Crippen LogP contribution in [0.5, 0.6) is 5.75 Å². The van der Waals surface area contributed by atoms with Crippen molar-refractivity contribution in [2.45, 2.75) is 18.5 Å². The van der Waals surface area contributed by atoms with Gasteiger partial charge in [0, 0.05) is 18.2 Å².